The van der Waals surface area contributed by atoms with E-state index in [1.54, 1.807) is 11.8 Å². The average Bonchev–Trinajstić information content (AvgIpc) is 2.77. The number of hydrogen-bond donors (Lipinski definition) is 0. The molecule has 0 aliphatic carbocycles. The lowest BCUT2D eigenvalue weighted by molar-refractivity contribution is 0.783. The molecule has 3 aromatic carbocycles. The molecule has 0 fully saturated rings. The predicted octanol–water partition coefficient (Wildman–Crippen LogP) is 7.63. The van der Waals surface area contributed by atoms with Crippen LogP contribution in [0.15, 0.2) is 83.8 Å². The molecule has 0 radical (unpaired) electrons. The maximum Gasteiger partial charge on any atom is 0.0790 e. The van der Waals surface area contributed by atoms with Crippen LogP contribution in [-0.4, -0.2) is 11.2 Å². The highest BCUT2D eigenvalue weighted by molar-refractivity contribution is 7.98. The van der Waals surface area contributed by atoms with E-state index in [1.807, 2.05) is 0 Å². The number of fused-ring (bicyclic) bond motifs is 1. The largest absolute Gasteiger partial charge is 0.252 e. The number of aryl methyl sites for hydroxylation is 1. The quantitative estimate of drug-likeness (QED) is 0.317. The number of pyridine rings is 1. The maximum atomic E-state index is 5.23. The van der Waals surface area contributed by atoms with Crippen molar-refractivity contribution in [1.82, 2.24) is 4.98 Å². The molecule has 0 spiro atoms. The molecule has 0 aliphatic heterocycles. The van der Waals surface area contributed by atoms with E-state index in [2.05, 4.69) is 92.0 Å². The standard InChI is InChI=1S/C26H25NS/c1-3-4-15-24-22-17-16-21(28-2)18-23(22)25(19-11-7-5-8-12-19)26(27-24)20-13-9-6-10-14-20/h5-14,16-18H,3-4,15H2,1-2H3. The van der Waals surface area contributed by atoms with E-state index < -0.39 is 0 Å². The van der Waals surface area contributed by atoms with Crippen LogP contribution in [0.25, 0.3) is 33.2 Å². The Hall–Kier alpha value is -2.58. The molecular formula is C26H25NS. The summed E-state index contributed by atoms with van der Waals surface area (Å²) in [7, 11) is 0. The van der Waals surface area contributed by atoms with Gasteiger partial charge in [0.15, 0.2) is 0 Å². The number of thioether (sulfide) groups is 1. The summed E-state index contributed by atoms with van der Waals surface area (Å²) in [6.07, 6.45) is 5.49. The topological polar surface area (TPSA) is 12.9 Å². The third-order valence-corrected chi connectivity index (χ3v) is 5.89. The highest BCUT2D eigenvalue weighted by Crippen LogP contribution is 2.39. The number of rotatable bonds is 6. The smallest absolute Gasteiger partial charge is 0.0790 e. The second kappa shape index (κ2) is 8.62. The van der Waals surface area contributed by atoms with Gasteiger partial charge in [-0.1, -0.05) is 80.1 Å². The van der Waals surface area contributed by atoms with Gasteiger partial charge < -0.3 is 0 Å². The SMILES string of the molecule is CCCCc1nc(-c2ccccc2)c(-c2ccccc2)c2cc(SC)ccc12. The number of nitrogens with zero attached hydrogens (tertiary/aromatic N) is 1. The van der Waals surface area contributed by atoms with Gasteiger partial charge in [0.05, 0.1) is 5.69 Å². The van der Waals surface area contributed by atoms with Gasteiger partial charge in [0, 0.05) is 27.1 Å². The predicted molar refractivity (Wildman–Crippen MR) is 123 cm³/mol. The first kappa shape index (κ1) is 18.8. The van der Waals surface area contributed by atoms with Gasteiger partial charge in [0.25, 0.3) is 0 Å². The first-order valence-corrected chi connectivity index (χ1v) is 11.2. The Labute approximate surface area is 171 Å². The average molecular weight is 384 g/mol. The van der Waals surface area contributed by atoms with Crippen LogP contribution >= 0.6 is 11.8 Å². The van der Waals surface area contributed by atoms with Gasteiger partial charge >= 0.3 is 0 Å². The van der Waals surface area contributed by atoms with E-state index >= 15 is 0 Å². The molecule has 2 heteroatoms. The van der Waals surface area contributed by atoms with Crippen LogP contribution in [0.2, 0.25) is 0 Å². The molecular weight excluding hydrogens is 358 g/mol. The Bertz CT molecular complexity index is 1070. The van der Waals surface area contributed by atoms with Crippen molar-refractivity contribution >= 4 is 22.5 Å². The van der Waals surface area contributed by atoms with E-state index in [1.165, 1.54) is 44.5 Å². The van der Waals surface area contributed by atoms with Gasteiger partial charge in [-0.3, -0.25) is 4.98 Å². The molecule has 0 amide bonds. The molecule has 0 saturated heterocycles. The Morgan fingerprint density at radius 3 is 2.11 bits per heavy atom. The van der Waals surface area contributed by atoms with Crippen LogP contribution in [0.1, 0.15) is 25.5 Å². The van der Waals surface area contributed by atoms with Gasteiger partial charge in [-0.25, -0.2) is 0 Å². The summed E-state index contributed by atoms with van der Waals surface area (Å²) in [5.74, 6) is 0. The van der Waals surface area contributed by atoms with E-state index in [0.717, 1.165) is 18.5 Å². The zero-order valence-electron chi connectivity index (χ0n) is 16.5. The highest BCUT2D eigenvalue weighted by atomic mass is 32.2. The van der Waals surface area contributed by atoms with Crippen molar-refractivity contribution in [2.24, 2.45) is 0 Å². The maximum absolute atomic E-state index is 5.23. The monoisotopic (exact) mass is 383 g/mol. The molecule has 1 aromatic heterocycles. The van der Waals surface area contributed by atoms with Gasteiger partial charge in [-0.05, 0) is 42.2 Å². The summed E-state index contributed by atoms with van der Waals surface area (Å²) in [6, 6.07) is 28.1. The summed E-state index contributed by atoms with van der Waals surface area (Å²) >= 11 is 1.79. The molecule has 1 nitrogen and oxygen atoms in total. The van der Waals surface area contributed by atoms with Crippen LogP contribution in [-0.2, 0) is 6.42 Å². The van der Waals surface area contributed by atoms with E-state index in [-0.39, 0.29) is 0 Å². The lowest BCUT2D eigenvalue weighted by atomic mass is 9.92. The molecule has 1 heterocycles. The molecule has 0 bridgehead atoms. The fourth-order valence-electron chi connectivity index (χ4n) is 3.72. The van der Waals surface area contributed by atoms with Crippen molar-refractivity contribution in [2.75, 3.05) is 6.26 Å². The molecule has 0 atom stereocenters. The number of aromatic nitrogens is 1. The molecule has 0 unspecified atom stereocenters. The first-order valence-electron chi connectivity index (χ1n) is 9.93. The van der Waals surface area contributed by atoms with Crippen molar-refractivity contribution in [3.8, 4) is 22.4 Å². The summed E-state index contributed by atoms with van der Waals surface area (Å²) in [6.45, 7) is 2.24. The van der Waals surface area contributed by atoms with Crippen LogP contribution < -0.4 is 0 Å². The normalized spacial score (nSPS) is 11.1. The van der Waals surface area contributed by atoms with Crippen LogP contribution in [0.3, 0.4) is 0 Å². The minimum Gasteiger partial charge on any atom is -0.252 e. The zero-order valence-corrected chi connectivity index (χ0v) is 17.3. The van der Waals surface area contributed by atoms with Crippen LogP contribution in [0, 0.1) is 0 Å². The third kappa shape index (κ3) is 3.70. The molecule has 4 rings (SSSR count). The summed E-state index contributed by atoms with van der Waals surface area (Å²) in [5.41, 5.74) is 5.93. The second-order valence-electron chi connectivity index (χ2n) is 7.03. The number of benzene rings is 3. The number of unbranched alkanes of at least 4 members (excludes halogenated alkanes) is 1. The lowest BCUT2D eigenvalue weighted by Gasteiger charge is -2.17. The van der Waals surface area contributed by atoms with Gasteiger partial charge in [0.1, 0.15) is 0 Å². The minimum atomic E-state index is 1.01. The summed E-state index contributed by atoms with van der Waals surface area (Å²) < 4.78 is 0. The molecule has 0 saturated carbocycles. The van der Waals surface area contributed by atoms with E-state index in [0.29, 0.717) is 0 Å². The molecule has 140 valence electrons. The molecule has 0 aliphatic rings. The number of hydrogen-bond acceptors (Lipinski definition) is 2. The van der Waals surface area contributed by atoms with Gasteiger partial charge in [-0.2, -0.15) is 0 Å². The Balaban J connectivity index is 2.09. The van der Waals surface area contributed by atoms with Crippen LogP contribution in [0.5, 0.6) is 0 Å². The molecule has 28 heavy (non-hydrogen) atoms. The fourth-order valence-corrected chi connectivity index (χ4v) is 4.16. The van der Waals surface area contributed by atoms with Crippen LogP contribution in [0.4, 0.5) is 0 Å². The lowest BCUT2D eigenvalue weighted by Crippen LogP contribution is -1.99. The Morgan fingerprint density at radius 2 is 1.46 bits per heavy atom. The van der Waals surface area contributed by atoms with Crippen molar-refractivity contribution in [3.05, 3.63) is 84.6 Å². The zero-order chi connectivity index (χ0) is 19.3. The first-order chi connectivity index (χ1) is 13.8. The van der Waals surface area contributed by atoms with Crippen molar-refractivity contribution in [1.29, 1.82) is 0 Å². The second-order valence-corrected chi connectivity index (χ2v) is 7.91. The fraction of sp³-hybridized carbons (Fsp3) is 0.192. The Kier molecular flexibility index (Phi) is 5.78. The van der Waals surface area contributed by atoms with E-state index in [9.17, 15) is 0 Å². The van der Waals surface area contributed by atoms with Crippen molar-refractivity contribution in [2.45, 2.75) is 31.1 Å². The molecule has 0 N–H and O–H groups in total. The molecule has 4 aromatic rings. The summed E-state index contributed by atoms with van der Waals surface area (Å²) in [4.78, 5) is 6.52. The van der Waals surface area contributed by atoms with Crippen molar-refractivity contribution in [3.63, 3.8) is 0 Å². The highest BCUT2D eigenvalue weighted by Gasteiger charge is 2.17. The van der Waals surface area contributed by atoms with Gasteiger partial charge in [-0.15, -0.1) is 11.8 Å². The third-order valence-electron chi connectivity index (χ3n) is 5.17. The van der Waals surface area contributed by atoms with Crippen molar-refractivity contribution < 1.29 is 0 Å². The van der Waals surface area contributed by atoms with E-state index in [4.69, 9.17) is 4.98 Å². The minimum absolute atomic E-state index is 1.01. The summed E-state index contributed by atoms with van der Waals surface area (Å²) in [5, 5.41) is 2.59. The Morgan fingerprint density at radius 1 is 0.786 bits per heavy atom. The van der Waals surface area contributed by atoms with Gasteiger partial charge in [0.2, 0.25) is 0 Å².